The van der Waals surface area contributed by atoms with Gasteiger partial charge in [-0.2, -0.15) is 0 Å². The number of ketones is 1. The third-order valence-corrected chi connectivity index (χ3v) is 5.54. The molecule has 6 heteroatoms. The van der Waals surface area contributed by atoms with Gasteiger partial charge in [-0.15, -0.1) is 0 Å². The number of aliphatic hydroxyl groups is 1. The molecule has 0 saturated carbocycles. The normalized spacial score (nSPS) is 18.1. The van der Waals surface area contributed by atoms with Crippen molar-refractivity contribution in [3.8, 4) is 5.75 Å². The van der Waals surface area contributed by atoms with E-state index in [1.54, 1.807) is 12.1 Å². The van der Waals surface area contributed by atoms with E-state index < -0.39 is 17.7 Å². The monoisotopic (exact) mass is 436 g/mol. The first-order chi connectivity index (χ1) is 15.2. The summed E-state index contributed by atoms with van der Waals surface area (Å²) in [5.41, 5.74) is 2.42. The third kappa shape index (κ3) is 4.86. The molecule has 0 aromatic heterocycles. The average Bonchev–Trinajstić information content (AvgIpc) is 3.01. The number of carbonyl (C=O) groups excluding carboxylic acids is 2. The highest BCUT2D eigenvalue weighted by atomic mass is 16.5. The summed E-state index contributed by atoms with van der Waals surface area (Å²) in [4.78, 5) is 29.7. The number of aliphatic hydroxyl groups excluding tert-OH is 1. The molecule has 2 aromatic carbocycles. The fourth-order valence-corrected chi connectivity index (χ4v) is 3.86. The van der Waals surface area contributed by atoms with Crippen LogP contribution in [-0.2, 0) is 16.0 Å². The Labute approximate surface area is 190 Å². The van der Waals surface area contributed by atoms with Crippen LogP contribution in [-0.4, -0.2) is 59.9 Å². The van der Waals surface area contributed by atoms with Crippen LogP contribution in [0.5, 0.6) is 5.75 Å². The maximum absolute atomic E-state index is 13.2. The molecule has 170 valence electrons. The van der Waals surface area contributed by atoms with Crippen LogP contribution in [0.4, 0.5) is 0 Å². The lowest BCUT2D eigenvalue weighted by atomic mass is 9.94. The summed E-state index contributed by atoms with van der Waals surface area (Å²) in [6.45, 7) is 6.84. The van der Waals surface area contributed by atoms with E-state index in [0.29, 0.717) is 30.0 Å². The smallest absolute Gasteiger partial charge is 0.295 e. The second-order valence-corrected chi connectivity index (χ2v) is 8.55. The molecule has 1 atom stereocenters. The number of Topliss-reactive ketones (excluding diaryl/α,β-unsaturated/α-hetero) is 1. The molecule has 0 radical (unpaired) electrons. The lowest BCUT2D eigenvalue weighted by Gasteiger charge is -2.28. The molecule has 0 spiro atoms. The number of nitrogens with zero attached hydrogens (tertiary/aromatic N) is 2. The molecule has 1 aliphatic rings. The third-order valence-electron chi connectivity index (χ3n) is 5.54. The van der Waals surface area contributed by atoms with Crippen molar-refractivity contribution in [3.63, 3.8) is 0 Å². The van der Waals surface area contributed by atoms with Crippen LogP contribution in [0, 0.1) is 0 Å². The minimum absolute atomic E-state index is 0.0817. The Kier molecular flexibility index (Phi) is 7.36. The molecule has 0 bridgehead atoms. The second-order valence-electron chi connectivity index (χ2n) is 8.55. The summed E-state index contributed by atoms with van der Waals surface area (Å²) in [5.74, 6) is -0.854. The first-order valence-electron chi connectivity index (χ1n) is 11.0. The standard InChI is InChI=1S/C26H32N2O4/c1-6-18-11-13-19(14-12-18)24(29)22-23(20-9-7-8-10-21(20)32-17(2)3)28(16-15-27(4)5)26(31)25(22)30/h7-14,17,23,29H,6,15-16H2,1-5H3/b24-22-. The van der Waals surface area contributed by atoms with E-state index in [4.69, 9.17) is 4.74 Å². The van der Waals surface area contributed by atoms with Crippen LogP contribution in [0.2, 0.25) is 0 Å². The number of benzene rings is 2. The summed E-state index contributed by atoms with van der Waals surface area (Å²) in [7, 11) is 3.83. The summed E-state index contributed by atoms with van der Waals surface area (Å²) < 4.78 is 6.00. The number of hydrogen-bond acceptors (Lipinski definition) is 5. The topological polar surface area (TPSA) is 70.1 Å². The van der Waals surface area contributed by atoms with Crippen molar-refractivity contribution in [1.82, 2.24) is 9.80 Å². The molecule has 1 N–H and O–H groups in total. The van der Waals surface area contributed by atoms with Gasteiger partial charge in [-0.3, -0.25) is 9.59 Å². The van der Waals surface area contributed by atoms with E-state index in [0.717, 1.165) is 12.0 Å². The zero-order valence-corrected chi connectivity index (χ0v) is 19.5. The van der Waals surface area contributed by atoms with Gasteiger partial charge in [-0.05, 0) is 46.0 Å². The Morgan fingerprint density at radius 2 is 1.75 bits per heavy atom. The van der Waals surface area contributed by atoms with E-state index in [1.807, 2.05) is 69.2 Å². The van der Waals surface area contributed by atoms with Gasteiger partial charge in [0.1, 0.15) is 11.5 Å². The van der Waals surface area contributed by atoms with Crippen molar-refractivity contribution in [2.24, 2.45) is 0 Å². The summed E-state index contributed by atoms with van der Waals surface area (Å²) in [6, 6.07) is 14.1. The maximum atomic E-state index is 13.2. The molecular weight excluding hydrogens is 404 g/mol. The van der Waals surface area contributed by atoms with E-state index in [9.17, 15) is 14.7 Å². The minimum atomic E-state index is -0.726. The van der Waals surface area contributed by atoms with Gasteiger partial charge in [0, 0.05) is 24.2 Å². The van der Waals surface area contributed by atoms with Crippen molar-refractivity contribution < 1.29 is 19.4 Å². The van der Waals surface area contributed by atoms with Crippen molar-refractivity contribution in [2.75, 3.05) is 27.2 Å². The van der Waals surface area contributed by atoms with Gasteiger partial charge in [0.15, 0.2) is 0 Å². The lowest BCUT2D eigenvalue weighted by molar-refractivity contribution is -0.140. The lowest BCUT2D eigenvalue weighted by Crippen LogP contribution is -2.35. The Bertz CT molecular complexity index is 1010. The molecular formula is C26H32N2O4. The van der Waals surface area contributed by atoms with Gasteiger partial charge < -0.3 is 19.6 Å². The molecule has 1 aliphatic heterocycles. The fourth-order valence-electron chi connectivity index (χ4n) is 3.86. The van der Waals surface area contributed by atoms with Crippen LogP contribution >= 0.6 is 0 Å². The fraction of sp³-hybridized carbons (Fsp3) is 0.385. The Morgan fingerprint density at radius 1 is 1.09 bits per heavy atom. The number of rotatable bonds is 8. The Morgan fingerprint density at radius 3 is 2.34 bits per heavy atom. The van der Waals surface area contributed by atoms with Gasteiger partial charge in [0.2, 0.25) is 0 Å². The van der Waals surface area contributed by atoms with E-state index in [-0.39, 0.29) is 17.4 Å². The van der Waals surface area contributed by atoms with Crippen molar-refractivity contribution in [2.45, 2.75) is 39.3 Å². The van der Waals surface area contributed by atoms with E-state index in [2.05, 4.69) is 6.92 Å². The maximum Gasteiger partial charge on any atom is 0.295 e. The molecule has 3 rings (SSSR count). The summed E-state index contributed by atoms with van der Waals surface area (Å²) >= 11 is 0. The second kappa shape index (κ2) is 10.0. The molecule has 2 aromatic rings. The van der Waals surface area contributed by atoms with E-state index in [1.165, 1.54) is 4.90 Å². The predicted molar refractivity (Wildman–Crippen MR) is 126 cm³/mol. The molecule has 1 saturated heterocycles. The quantitative estimate of drug-likeness (QED) is 0.385. The van der Waals surface area contributed by atoms with Crippen molar-refractivity contribution in [1.29, 1.82) is 0 Å². The first kappa shape index (κ1) is 23.5. The van der Waals surface area contributed by atoms with Crippen molar-refractivity contribution >= 4 is 17.4 Å². The number of amides is 1. The number of carbonyl (C=O) groups is 2. The van der Waals surface area contributed by atoms with Crippen LogP contribution in [0.25, 0.3) is 5.76 Å². The van der Waals surface area contributed by atoms with E-state index >= 15 is 0 Å². The highest BCUT2D eigenvalue weighted by Gasteiger charge is 2.46. The van der Waals surface area contributed by atoms with Gasteiger partial charge in [-0.25, -0.2) is 0 Å². The average molecular weight is 437 g/mol. The Balaban J connectivity index is 2.17. The molecule has 32 heavy (non-hydrogen) atoms. The molecule has 0 aliphatic carbocycles. The number of aryl methyl sites for hydroxylation is 1. The van der Waals surface area contributed by atoms with Gasteiger partial charge in [0.25, 0.3) is 11.7 Å². The number of likely N-dealkylation sites (tertiary alicyclic amines) is 1. The van der Waals surface area contributed by atoms with Gasteiger partial charge >= 0.3 is 0 Å². The van der Waals surface area contributed by atoms with Crippen LogP contribution in [0.1, 0.15) is 43.5 Å². The molecule has 1 unspecified atom stereocenters. The SMILES string of the molecule is CCc1ccc(/C(O)=C2/C(=O)C(=O)N(CCN(C)C)C2c2ccccc2OC(C)C)cc1. The Hall–Kier alpha value is -3.12. The molecule has 1 amide bonds. The van der Waals surface area contributed by atoms with Gasteiger partial charge in [0.05, 0.1) is 17.7 Å². The zero-order valence-electron chi connectivity index (χ0n) is 19.5. The minimum Gasteiger partial charge on any atom is -0.507 e. The highest BCUT2D eigenvalue weighted by Crippen LogP contribution is 2.42. The number of para-hydroxylation sites is 1. The zero-order chi connectivity index (χ0) is 23.4. The summed E-state index contributed by atoms with van der Waals surface area (Å²) in [5, 5.41) is 11.2. The van der Waals surface area contributed by atoms with Crippen molar-refractivity contribution in [3.05, 3.63) is 70.8 Å². The summed E-state index contributed by atoms with van der Waals surface area (Å²) in [6.07, 6.45) is 0.789. The number of hydrogen-bond donors (Lipinski definition) is 1. The first-order valence-corrected chi connectivity index (χ1v) is 11.0. The predicted octanol–water partition coefficient (Wildman–Crippen LogP) is 4.02. The van der Waals surface area contributed by atoms with Gasteiger partial charge in [-0.1, -0.05) is 49.4 Å². The highest BCUT2D eigenvalue weighted by molar-refractivity contribution is 6.46. The molecule has 1 heterocycles. The largest absolute Gasteiger partial charge is 0.507 e. The van der Waals surface area contributed by atoms with Crippen LogP contribution < -0.4 is 4.74 Å². The number of ether oxygens (including phenoxy) is 1. The van der Waals surface area contributed by atoms with Crippen LogP contribution in [0.3, 0.4) is 0 Å². The molecule has 6 nitrogen and oxygen atoms in total. The van der Waals surface area contributed by atoms with Crippen LogP contribution in [0.15, 0.2) is 54.1 Å². The number of likely N-dealkylation sites (N-methyl/N-ethyl adjacent to an activating group) is 1. The molecule has 1 fully saturated rings.